The first kappa shape index (κ1) is 21.0. The van der Waals surface area contributed by atoms with Crippen LogP contribution in [-0.2, 0) is 9.59 Å². The van der Waals surface area contributed by atoms with Crippen LogP contribution in [0.3, 0.4) is 0 Å². The summed E-state index contributed by atoms with van der Waals surface area (Å²) in [6.45, 7) is 3.50. The van der Waals surface area contributed by atoms with Crippen molar-refractivity contribution < 1.29 is 19.1 Å². The van der Waals surface area contributed by atoms with Gasteiger partial charge in [0.05, 0.1) is 20.2 Å². The maximum Gasteiger partial charge on any atom is 0.251 e. The second kappa shape index (κ2) is 9.55. The van der Waals surface area contributed by atoms with E-state index in [1.54, 1.807) is 43.5 Å². The number of carbonyl (C=O) groups is 3. The van der Waals surface area contributed by atoms with Crippen LogP contribution in [0.2, 0.25) is 0 Å². The number of aryl methyl sites for hydroxylation is 2. The summed E-state index contributed by atoms with van der Waals surface area (Å²) in [5.74, 6) is -0.408. The molecule has 0 bridgehead atoms. The predicted octanol–water partition coefficient (Wildman–Crippen LogP) is 2.14. The lowest BCUT2D eigenvalue weighted by molar-refractivity contribution is -0.132. The summed E-state index contributed by atoms with van der Waals surface area (Å²) in [6, 6.07) is 12.4. The molecule has 0 radical (unpaired) electrons. The minimum Gasteiger partial charge on any atom is -0.497 e. The molecule has 148 valence electrons. The average Bonchev–Trinajstić information content (AvgIpc) is 2.64. The minimum atomic E-state index is -0.362. The second-order valence-corrected chi connectivity index (χ2v) is 6.59. The molecule has 2 aromatic carbocycles. The zero-order valence-corrected chi connectivity index (χ0v) is 16.5. The van der Waals surface area contributed by atoms with Crippen LogP contribution in [0.1, 0.15) is 21.5 Å². The van der Waals surface area contributed by atoms with E-state index in [-0.39, 0.29) is 30.8 Å². The fourth-order valence-electron chi connectivity index (χ4n) is 2.70. The van der Waals surface area contributed by atoms with Gasteiger partial charge in [0, 0.05) is 24.4 Å². The number of ether oxygens (including phenoxy) is 1. The van der Waals surface area contributed by atoms with Crippen LogP contribution in [0.25, 0.3) is 0 Å². The van der Waals surface area contributed by atoms with Gasteiger partial charge in [-0.25, -0.2) is 0 Å². The molecule has 0 aromatic heterocycles. The van der Waals surface area contributed by atoms with Crippen molar-refractivity contribution in [2.24, 2.45) is 0 Å². The predicted molar refractivity (Wildman–Crippen MR) is 108 cm³/mol. The largest absolute Gasteiger partial charge is 0.497 e. The van der Waals surface area contributed by atoms with E-state index >= 15 is 0 Å². The molecule has 2 aromatic rings. The topological polar surface area (TPSA) is 87.7 Å². The molecular weight excluding hydrogens is 358 g/mol. The van der Waals surface area contributed by atoms with Crippen LogP contribution in [0.15, 0.2) is 42.5 Å². The lowest BCUT2D eigenvalue weighted by Crippen LogP contribution is -2.41. The number of anilines is 1. The monoisotopic (exact) mass is 383 g/mol. The Hall–Kier alpha value is -3.35. The van der Waals surface area contributed by atoms with E-state index < -0.39 is 0 Å². The van der Waals surface area contributed by atoms with Gasteiger partial charge in [-0.15, -0.1) is 0 Å². The van der Waals surface area contributed by atoms with Gasteiger partial charge in [0.25, 0.3) is 5.91 Å². The molecule has 0 atom stereocenters. The summed E-state index contributed by atoms with van der Waals surface area (Å²) in [5.41, 5.74) is 3.03. The highest BCUT2D eigenvalue weighted by molar-refractivity contribution is 5.98. The molecule has 0 saturated carbocycles. The van der Waals surface area contributed by atoms with Crippen LogP contribution in [0, 0.1) is 13.8 Å². The Balaban J connectivity index is 1.84. The maximum absolute atomic E-state index is 12.2. The first-order valence-corrected chi connectivity index (χ1v) is 8.83. The van der Waals surface area contributed by atoms with Gasteiger partial charge < -0.3 is 20.3 Å². The Morgan fingerprint density at radius 1 is 1.04 bits per heavy atom. The van der Waals surface area contributed by atoms with Gasteiger partial charge in [0.1, 0.15) is 5.75 Å². The van der Waals surface area contributed by atoms with Crippen molar-refractivity contribution in [1.82, 2.24) is 10.2 Å². The van der Waals surface area contributed by atoms with E-state index in [1.807, 2.05) is 19.9 Å². The number of nitrogens with one attached hydrogen (secondary N) is 2. The Labute approximate surface area is 164 Å². The lowest BCUT2D eigenvalue weighted by atomic mass is 10.1. The van der Waals surface area contributed by atoms with Crippen molar-refractivity contribution in [3.8, 4) is 5.75 Å². The Kier molecular flexibility index (Phi) is 7.14. The van der Waals surface area contributed by atoms with E-state index in [0.29, 0.717) is 17.0 Å². The second-order valence-electron chi connectivity index (χ2n) is 6.59. The fourth-order valence-corrected chi connectivity index (χ4v) is 2.70. The van der Waals surface area contributed by atoms with E-state index in [4.69, 9.17) is 4.74 Å². The standard InChI is InChI=1S/C21H25N3O4/c1-14-8-15(2)10-16(9-14)21(27)22-12-20(26)24(3)13-19(25)23-17-6-5-7-18(11-17)28-4/h5-11H,12-13H2,1-4H3,(H,22,27)(H,23,25). The highest BCUT2D eigenvalue weighted by Gasteiger charge is 2.15. The number of benzene rings is 2. The molecular formula is C21H25N3O4. The lowest BCUT2D eigenvalue weighted by Gasteiger charge is -2.17. The van der Waals surface area contributed by atoms with Crippen LogP contribution < -0.4 is 15.4 Å². The smallest absolute Gasteiger partial charge is 0.251 e. The van der Waals surface area contributed by atoms with Crippen molar-refractivity contribution in [3.63, 3.8) is 0 Å². The zero-order valence-electron chi connectivity index (χ0n) is 16.5. The average molecular weight is 383 g/mol. The van der Waals surface area contributed by atoms with Gasteiger partial charge in [-0.1, -0.05) is 23.3 Å². The fraction of sp³-hybridized carbons (Fsp3) is 0.286. The highest BCUT2D eigenvalue weighted by atomic mass is 16.5. The van der Waals surface area contributed by atoms with Crippen molar-refractivity contribution in [2.45, 2.75) is 13.8 Å². The summed E-state index contributed by atoms with van der Waals surface area (Å²) >= 11 is 0. The molecule has 2 rings (SSSR count). The van der Waals surface area contributed by atoms with Crippen LogP contribution in [0.5, 0.6) is 5.75 Å². The molecule has 7 nitrogen and oxygen atoms in total. The molecule has 0 unspecified atom stereocenters. The number of rotatable bonds is 7. The molecule has 0 aliphatic heterocycles. The molecule has 0 fully saturated rings. The Bertz CT molecular complexity index is 859. The van der Waals surface area contributed by atoms with E-state index in [1.165, 1.54) is 11.9 Å². The van der Waals surface area contributed by atoms with Gasteiger partial charge in [0.15, 0.2) is 0 Å². The van der Waals surface area contributed by atoms with Gasteiger partial charge >= 0.3 is 0 Å². The highest BCUT2D eigenvalue weighted by Crippen LogP contribution is 2.16. The molecule has 0 saturated heterocycles. The van der Waals surface area contributed by atoms with Crippen molar-refractivity contribution in [1.29, 1.82) is 0 Å². The molecule has 7 heteroatoms. The van der Waals surface area contributed by atoms with Crippen LogP contribution >= 0.6 is 0 Å². The third kappa shape index (κ3) is 6.12. The molecule has 0 aliphatic carbocycles. The molecule has 0 heterocycles. The minimum absolute atomic E-state index is 0.129. The van der Waals surface area contributed by atoms with Crippen molar-refractivity contribution in [2.75, 3.05) is 32.6 Å². The van der Waals surface area contributed by atoms with Gasteiger partial charge in [-0.3, -0.25) is 14.4 Å². The summed E-state index contributed by atoms with van der Waals surface area (Å²) < 4.78 is 5.11. The quantitative estimate of drug-likeness (QED) is 0.767. The summed E-state index contributed by atoms with van der Waals surface area (Å²) in [7, 11) is 3.05. The summed E-state index contributed by atoms with van der Waals surface area (Å²) in [6.07, 6.45) is 0. The number of amides is 3. The maximum atomic E-state index is 12.2. The summed E-state index contributed by atoms with van der Waals surface area (Å²) in [4.78, 5) is 37.8. The number of likely N-dealkylation sites (N-methyl/N-ethyl adjacent to an activating group) is 1. The zero-order chi connectivity index (χ0) is 20.7. The van der Waals surface area contributed by atoms with Gasteiger partial charge in [-0.2, -0.15) is 0 Å². The van der Waals surface area contributed by atoms with Crippen molar-refractivity contribution >= 4 is 23.4 Å². The molecule has 2 N–H and O–H groups in total. The third-order valence-corrected chi connectivity index (χ3v) is 4.04. The number of carbonyl (C=O) groups excluding carboxylic acids is 3. The van der Waals surface area contributed by atoms with Crippen LogP contribution in [-0.4, -0.2) is 49.9 Å². The molecule has 0 aliphatic rings. The SMILES string of the molecule is COc1cccc(NC(=O)CN(C)C(=O)CNC(=O)c2cc(C)cc(C)c2)c1. The number of nitrogens with zero attached hydrogens (tertiary/aromatic N) is 1. The molecule has 28 heavy (non-hydrogen) atoms. The van der Waals surface area contributed by atoms with E-state index in [0.717, 1.165) is 11.1 Å². The summed E-state index contributed by atoms with van der Waals surface area (Å²) in [5, 5.41) is 5.30. The van der Waals surface area contributed by atoms with Crippen LogP contribution in [0.4, 0.5) is 5.69 Å². The Morgan fingerprint density at radius 3 is 2.36 bits per heavy atom. The Morgan fingerprint density at radius 2 is 1.71 bits per heavy atom. The first-order valence-electron chi connectivity index (χ1n) is 8.83. The van der Waals surface area contributed by atoms with Gasteiger partial charge in [0.2, 0.25) is 11.8 Å². The van der Waals surface area contributed by atoms with Gasteiger partial charge in [-0.05, 0) is 38.1 Å². The number of hydrogen-bond acceptors (Lipinski definition) is 4. The number of methoxy groups -OCH3 is 1. The van der Waals surface area contributed by atoms with E-state index in [9.17, 15) is 14.4 Å². The normalized spacial score (nSPS) is 10.1. The molecule has 3 amide bonds. The van der Waals surface area contributed by atoms with Crippen molar-refractivity contribution in [3.05, 3.63) is 59.2 Å². The first-order chi connectivity index (χ1) is 13.3. The number of hydrogen-bond donors (Lipinski definition) is 2. The molecule has 0 spiro atoms. The third-order valence-electron chi connectivity index (χ3n) is 4.04. The van der Waals surface area contributed by atoms with E-state index in [2.05, 4.69) is 10.6 Å².